The molecule has 0 atom stereocenters. The molecule has 0 saturated carbocycles. The third kappa shape index (κ3) is 4.02. The zero-order valence-corrected chi connectivity index (χ0v) is 15.5. The van der Waals surface area contributed by atoms with Crippen LogP contribution in [-0.4, -0.2) is 32.1 Å². The van der Waals surface area contributed by atoms with E-state index in [9.17, 15) is 4.79 Å². The zero-order valence-electron chi connectivity index (χ0n) is 13.9. The molecule has 4 aromatic rings. The van der Waals surface area contributed by atoms with Gasteiger partial charge in [0.2, 0.25) is 0 Å². The van der Waals surface area contributed by atoms with Gasteiger partial charge in [0, 0.05) is 16.0 Å². The highest BCUT2D eigenvalue weighted by Gasteiger charge is 2.08. The second kappa shape index (κ2) is 7.65. The van der Waals surface area contributed by atoms with Crippen LogP contribution in [0.4, 0.5) is 0 Å². The lowest BCUT2D eigenvalue weighted by molar-refractivity contribution is -0.121. The third-order valence-electron chi connectivity index (χ3n) is 3.71. The molecule has 0 aliphatic rings. The summed E-state index contributed by atoms with van der Waals surface area (Å²) in [6.07, 6.45) is 1.51. The van der Waals surface area contributed by atoms with Gasteiger partial charge in [-0.05, 0) is 24.3 Å². The standard InChI is InChI=1S/C18H13ClN6OS/c19-13-7-5-12(6-8-13)18-21-14(11-27-18)9-20-23-17(26)10-25-16-4-2-1-3-15(16)22-24-25/h1-9,11H,10H2,(H,23,26)/b20-9-. The summed E-state index contributed by atoms with van der Waals surface area (Å²) in [5.41, 5.74) is 5.66. The van der Waals surface area contributed by atoms with Crippen molar-refractivity contribution in [1.82, 2.24) is 25.4 Å². The summed E-state index contributed by atoms with van der Waals surface area (Å²) in [7, 11) is 0. The topological polar surface area (TPSA) is 85.1 Å². The Labute approximate surface area is 163 Å². The highest BCUT2D eigenvalue weighted by Crippen LogP contribution is 2.24. The van der Waals surface area contributed by atoms with Crippen LogP contribution in [0.2, 0.25) is 5.02 Å². The van der Waals surface area contributed by atoms with Gasteiger partial charge in [0.15, 0.2) is 0 Å². The van der Waals surface area contributed by atoms with Crippen LogP contribution in [0.3, 0.4) is 0 Å². The van der Waals surface area contributed by atoms with Gasteiger partial charge in [0.1, 0.15) is 17.1 Å². The molecule has 0 fully saturated rings. The molecule has 2 heterocycles. The smallest absolute Gasteiger partial charge is 0.261 e. The van der Waals surface area contributed by atoms with Gasteiger partial charge in [-0.1, -0.05) is 41.1 Å². The predicted molar refractivity (Wildman–Crippen MR) is 106 cm³/mol. The summed E-state index contributed by atoms with van der Waals surface area (Å²) in [4.78, 5) is 16.5. The first kappa shape index (κ1) is 17.3. The van der Waals surface area contributed by atoms with E-state index >= 15 is 0 Å². The van der Waals surface area contributed by atoms with E-state index in [1.807, 2.05) is 53.9 Å². The monoisotopic (exact) mass is 396 g/mol. The van der Waals surface area contributed by atoms with Gasteiger partial charge in [-0.2, -0.15) is 5.10 Å². The van der Waals surface area contributed by atoms with E-state index in [0.717, 1.165) is 21.6 Å². The number of hydrogen-bond donors (Lipinski definition) is 1. The number of hydrazone groups is 1. The van der Waals surface area contributed by atoms with Gasteiger partial charge < -0.3 is 0 Å². The molecule has 9 heteroatoms. The normalized spacial score (nSPS) is 11.3. The number of carbonyl (C=O) groups is 1. The van der Waals surface area contributed by atoms with Crippen LogP contribution in [0.1, 0.15) is 5.69 Å². The van der Waals surface area contributed by atoms with Crippen molar-refractivity contribution in [1.29, 1.82) is 0 Å². The SMILES string of the molecule is O=C(Cn1nnc2ccccc21)N/N=C\c1csc(-c2ccc(Cl)cc2)n1. The summed E-state index contributed by atoms with van der Waals surface area (Å²) in [6.45, 7) is 0.0327. The van der Waals surface area contributed by atoms with E-state index in [4.69, 9.17) is 11.6 Å². The third-order valence-corrected chi connectivity index (χ3v) is 4.87. The first-order chi connectivity index (χ1) is 13.2. The summed E-state index contributed by atoms with van der Waals surface area (Å²) in [5, 5.41) is 15.4. The minimum absolute atomic E-state index is 0.0327. The number of para-hydroxylation sites is 1. The molecule has 4 rings (SSSR count). The Balaban J connectivity index is 1.37. The highest BCUT2D eigenvalue weighted by molar-refractivity contribution is 7.13. The number of nitrogens with one attached hydrogen (secondary N) is 1. The van der Waals surface area contributed by atoms with E-state index in [1.54, 1.807) is 0 Å². The zero-order chi connectivity index (χ0) is 18.6. The second-order valence-corrected chi connectivity index (χ2v) is 6.91. The molecule has 0 aliphatic heterocycles. The minimum Gasteiger partial charge on any atom is -0.271 e. The number of benzene rings is 2. The Morgan fingerprint density at radius 3 is 2.89 bits per heavy atom. The average Bonchev–Trinajstić information content (AvgIpc) is 3.30. The number of fused-ring (bicyclic) bond motifs is 1. The van der Waals surface area contributed by atoms with Crippen molar-refractivity contribution in [2.24, 2.45) is 5.10 Å². The van der Waals surface area contributed by atoms with E-state index in [1.165, 1.54) is 22.2 Å². The fourth-order valence-corrected chi connectivity index (χ4v) is 3.35. The van der Waals surface area contributed by atoms with Crippen LogP contribution in [-0.2, 0) is 11.3 Å². The van der Waals surface area contributed by atoms with Gasteiger partial charge in [0.25, 0.3) is 5.91 Å². The number of rotatable bonds is 5. The van der Waals surface area contributed by atoms with Crippen molar-refractivity contribution in [3.8, 4) is 10.6 Å². The van der Waals surface area contributed by atoms with Crippen LogP contribution in [0, 0.1) is 0 Å². The number of carbonyl (C=O) groups excluding carboxylic acids is 1. The fraction of sp³-hybridized carbons (Fsp3) is 0.0556. The molecule has 2 aromatic heterocycles. The van der Waals surface area contributed by atoms with Gasteiger partial charge in [0.05, 0.1) is 17.4 Å². The van der Waals surface area contributed by atoms with Crippen molar-refractivity contribution in [3.05, 3.63) is 64.6 Å². The molecular weight excluding hydrogens is 384 g/mol. The molecule has 0 saturated heterocycles. The average molecular weight is 397 g/mol. The van der Waals surface area contributed by atoms with Crippen molar-refractivity contribution in [2.75, 3.05) is 0 Å². The number of aromatic nitrogens is 4. The van der Waals surface area contributed by atoms with Gasteiger partial charge in [-0.15, -0.1) is 16.4 Å². The van der Waals surface area contributed by atoms with E-state index < -0.39 is 0 Å². The van der Waals surface area contributed by atoms with E-state index in [0.29, 0.717) is 10.7 Å². The van der Waals surface area contributed by atoms with Crippen molar-refractivity contribution in [3.63, 3.8) is 0 Å². The van der Waals surface area contributed by atoms with Crippen LogP contribution >= 0.6 is 22.9 Å². The van der Waals surface area contributed by atoms with Gasteiger partial charge >= 0.3 is 0 Å². The van der Waals surface area contributed by atoms with Crippen LogP contribution < -0.4 is 5.43 Å². The maximum absolute atomic E-state index is 12.1. The van der Waals surface area contributed by atoms with E-state index in [2.05, 4.69) is 25.8 Å². The molecular formula is C18H13ClN6OS. The molecule has 0 spiro atoms. The Morgan fingerprint density at radius 2 is 2.04 bits per heavy atom. The number of halogens is 1. The molecule has 1 amide bonds. The molecule has 134 valence electrons. The lowest BCUT2D eigenvalue weighted by Crippen LogP contribution is -2.23. The predicted octanol–water partition coefficient (Wildman–Crippen LogP) is 3.36. The van der Waals surface area contributed by atoms with Gasteiger partial charge in [-0.3, -0.25) is 4.79 Å². The summed E-state index contributed by atoms with van der Waals surface area (Å²) in [6, 6.07) is 14.9. The first-order valence-electron chi connectivity index (χ1n) is 8.01. The fourth-order valence-electron chi connectivity index (χ4n) is 2.45. The molecule has 0 aliphatic carbocycles. The molecule has 0 unspecified atom stereocenters. The number of nitrogens with zero attached hydrogens (tertiary/aromatic N) is 5. The largest absolute Gasteiger partial charge is 0.271 e. The molecule has 1 N–H and O–H groups in total. The lowest BCUT2D eigenvalue weighted by Gasteiger charge is -2.00. The quantitative estimate of drug-likeness (QED) is 0.414. The molecule has 0 bridgehead atoms. The van der Waals surface area contributed by atoms with Crippen LogP contribution in [0.25, 0.3) is 21.6 Å². The van der Waals surface area contributed by atoms with Crippen molar-refractivity contribution in [2.45, 2.75) is 6.54 Å². The Bertz CT molecular complexity index is 1120. The Morgan fingerprint density at radius 1 is 1.22 bits per heavy atom. The number of amides is 1. The lowest BCUT2D eigenvalue weighted by atomic mass is 10.2. The number of hydrogen-bond acceptors (Lipinski definition) is 6. The summed E-state index contributed by atoms with van der Waals surface area (Å²) < 4.78 is 1.53. The van der Waals surface area contributed by atoms with Gasteiger partial charge in [-0.25, -0.2) is 15.1 Å². The summed E-state index contributed by atoms with van der Waals surface area (Å²) >= 11 is 7.39. The van der Waals surface area contributed by atoms with Crippen LogP contribution in [0.5, 0.6) is 0 Å². The highest BCUT2D eigenvalue weighted by atomic mass is 35.5. The minimum atomic E-state index is -0.296. The van der Waals surface area contributed by atoms with Crippen molar-refractivity contribution < 1.29 is 4.79 Å². The molecule has 2 aromatic carbocycles. The summed E-state index contributed by atoms with van der Waals surface area (Å²) in [5.74, 6) is -0.296. The maximum atomic E-state index is 12.1. The maximum Gasteiger partial charge on any atom is 0.261 e. The molecule has 7 nitrogen and oxygen atoms in total. The molecule has 27 heavy (non-hydrogen) atoms. The molecule has 0 radical (unpaired) electrons. The first-order valence-corrected chi connectivity index (χ1v) is 9.26. The second-order valence-electron chi connectivity index (χ2n) is 5.61. The Hall–Kier alpha value is -3.10. The van der Waals surface area contributed by atoms with E-state index in [-0.39, 0.29) is 12.5 Å². The number of thiazole rings is 1. The Kier molecular flexibility index (Phi) is 4.91. The van der Waals surface area contributed by atoms with Crippen LogP contribution in [0.15, 0.2) is 59.0 Å². The van der Waals surface area contributed by atoms with Crippen molar-refractivity contribution >= 4 is 46.1 Å².